The molecule has 0 rings (SSSR count). The summed E-state index contributed by atoms with van der Waals surface area (Å²) in [6.45, 7) is 0. The Bertz CT molecular complexity index is 86.5. The molecule has 0 aliphatic carbocycles. The molecule has 0 radical (unpaired) electrons. The molecule has 0 N–H and O–H groups in total. The van der Waals surface area contributed by atoms with Crippen molar-refractivity contribution in [3.63, 3.8) is 0 Å². The van der Waals surface area contributed by atoms with Crippen molar-refractivity contribution in [2.75, 3.05) is 0 Å². The Balaban J connectivity index is -0.0000000250. The summed E-state index contributed by atoms with van der Waals surface area (Å²) in [4.78, 5) is 0. The summed E-state index contributed by atoms with van der Waals surface area (Å²) >= 11 is 0. The van der Waals surface area contributed by atoms with Crippen LogP contribution in [0.25, 0.3) is 0 Å². The van der Waals surface area contributed by atoms with Gasteiger partial charge in [-0.25, -0.2) is 0 Å². The number of halogens is 5. The van der Waals surface area contributed by atoms with Crippen LogP contribution in [-0.4, -0.2) is 0 Å². The van der Waals surface area contributed by atoms with Gasteiger partial charge in [-0.05, 0) is 0 Å². The van der Waals surface area contributed by atoms with Crippen molar-refractivity contribution >= 4 is 0 Å². The predicted octanol–water partition coefficient (Wildman–Crippen LogP) is -20.8. The van der Waals surface area contributed by atoms with E-state index in [1.54, 1.807) is 0 Å². The van der Waals surface area contributed by atoms with Crippen LogP contribution in [0.4, 0.5) is 0 Å². The van der Waals surface area contributed by atoms with E-state index in [0.717, 1.165) is 0 Å². The minimum Gasteiger partial charge on any atom is -0.357 e. The van der Waals surface area contributed by atoms with Crippen LogP contribution in [0.15, 0.2) is 0 Å². The molecule has 22 heavy (non-hydrogen) atoms. The average Bonchev–Trinajstić information content (AvgIpc) is 1.94. The van der Waals surface area contributed by atoms with Gasteiger partial charge in [0.25, 0.3) is 0 Å². The second kappa shape index (κ2) is 39.3. The molecule has 0 aliphatic heterocycles. The van der Waals surface area contributed by atoms with Crippen molar-refractivity contribution in [1.29, 1.82) is 0 Å². The van der Waals surface area contributed by atoms with Crippen molar-refractivity contribution in [2.24, 2.45) is 0 Å². The molecule has 0 aromatic rings. The van der Waals surface area contributed by atoms with Crippen LogP contribution in [0, 0.1) is 53.9 Å². The molecule has 0 aromatic carbocycles. The van der Waals surface area contributed by atoms with Gasteiger partial charge in [0, 0.05) is 0 Å². The van der Waals surface area contributed by atoms with Crippen LogP contribution in [0.2, 0.25) is 0 Å². The van der Waals surface area contributed by atoms with Gasteiger partial charge in [0.2, 0.25) is 0 Å². The zero-order valence-corrected chi connectivity index (χ0v) is 18.0. The first kappa shape index (κ1) is 44.6. The molecule has 0 amide bonds. The Kier molecular flexibility index (Phi) is 79.6. The topological polar surface area (TPSA) is 346 Å². The maximum atomic E-state index is 8.41. The molecule has 15 nitrogen and oxygen atoms in total. The van der Waals surface area contributed by atoms with Gasteiger partial charge in [0.05, 0.1) is 53.9 Å². The molecule has 0 bridgehead atoms. The van der Waals surface area contributed by atoms with Crippen LogP contribution in [0.1, 0.15) is 0 Å². The van der Waals surface area contributed by atoms with Gasteiger partial charge in [0.15, 0.2) is 0 Å². The van der Waals surface area contributed by atoms with E-state index in [1.807, 2.05) is 0 Å². The molecule has 0 saturated heterocycles. The number of rotatable bonds is 0. The first-order valence-corrected chi connectivity index (χ1v) is 6.94. The van der Waals surface area contributed by atoms with Gasteiger partial charge in [-0.15, -0.1) is 0 Å². The molecule has 0 spiro atoms. The largest absolute Gasteiger partial charge is 4.00 e. The van der Waals surface area contributed by atoms with Crippen LogP contribution < -0.4 is 121 Å². The summed E-state index contributed by atoms with van der Waals surface area (Å²) in [7, 11) is -14.3. The van der Waals surface area contributed by atoms with E-state index in [0.29, 0.717) is 0 Å². The second-order valence-electron chi connectivity index (χ2n) is 0.945. The van der Waals surface area contributed by atoms with Gasteiger partial charge in [-0.3, -0.25) is 0 Å². The summed E-state index contributed by atoms with van der Waals surface area (Å²) < 4.78 is 126. The third kappa shape index (κ3) is 1120. The third-order valence-electron chi connectivity index (χ3n) is 0. The molecule has 0 saturated carbocycles. The van der Waals surface area contributed by atoms with E-state index in [4.69, 9.17) is 69.9 Å². The molecular formula is Cl5KO15Ti. The Morgan fingerprint density at radius 1 is 0.273 bits per heavy atom. The van der Waals surface area contributed by atoms with Crippen molar-refractivity contribution in [3.05, 3.63) is 0 Å². The number of hydrogen-bond acceptors (Lipinski definition) is 15. The fraction of sp³-hybridized carbons (Fsp3) is 0. The summed E-state index contributed by atoms with van der Waals surface area (Å²) in [6, 6.07) is 0. The summed E-state index contributed by atoms with van der Waals surface area (Å²) in [6.07, 6.45) is 0. The van der Waals surface area contributed by atoms with Gasteiger partial charge in [-0.1, -0.05) is 0 Å². The van der Waals surface area contributed by atoms with Crippen LogP contribution in [0.3, 0.4) is 0 Å². The van der Waals surface area contributed by atoms with Crippen molar-refractivity contribution in [1.82, 2.24) is 0 Å². The van der Waals surface area contributed by atoms with Gasteiger partial charge in [-0.2, -0.15) is 0 Å². The zero-order valence-electron chi connectivity index (χ0n) is 9.51. The fourth-order valence-corrected chi connectivity index (χ4v) is 0. The van der Waals surface area contributed by atoms with E-state index >= 15 is 0 Å². The quantitative estimate of drug-likeness (QED) is 0.276. The minimum absolute atomic E-state index is 0. The van der Waals surface area contributed by atoms with Gasteiger partial charge < -0.3 is 69.9 Å². The van der Waals surface area contributed by atoms with Crippen LogP contribution in [0.5, 0.6) is 0 Å². The number of hydrogen-bond donors (Lipinski definition) is 0. The van der Waals surface area contributed by atoms with Crippen molar-refractivity contribution in [2.45, 2.75) is 0 Å². The average molecular weight is 504 g/mol. The van der Waals surface area contributed by atoms with Crippen LogP contribution >= 0.6 is 0 Å². The SMILES string of the molecule is [K+].[O-][Cl+2]([O-])[O-].[O-][Cl+2]([O-])[O-].[O-][Cl+2]([O-])[O-].[O-][Cl+2]([O-])[O-].[O-][Cl+2]([O-])[O-].[Ti+4]. The van der Waals surface area contributed by atoms with E-state index in [2.05, 4.69) is 0 Å². The van der Waals surface area contributed by atoms with Crippen molar-refractivity contribution < 1.29 is 197 Å². The van der Waals surface area contributed by atoms with Gasteiger partial charge >= 0.3 is 73.1 Å². The summed E-state index contributed by atoms with van der Waals surface area (Å²) in [5.74, 6) is 0. The molecule has 0 fully saturated rings. The zero-order chi connectivity index (χ0) is 17.9. The van der Waals surface area contributed by atoms with Gasteiger partial charge in [0.1, 0.15) is 0 Å². The van der Waals surface area contributed by atoms with E-state index in [-0.39, 0.29) is 73.1 Å². The molecule has 130 valence electrons. The van der Waals surface area contributed by atoms with E-state index < -0.39 is 53.9 Å². The Labute approximate surface area is 194 Å². The third-order valence-corrected chi connectivity index (χ3v) is 0. The maximum absolute atomic E-state index is 8.41. The molecule has 0 aromatic heterocycles. The van der Waals surface area contributed by atoms with E-state index in [9.17, 15) is 0 Å². The minimum atomic E-state index is -2.85. The molecule has 0 unspecified atom stereocenters. The van der Waals surface area contributed by atoms with Crippen molar-refractivity contribution in [3.8, 4) is 0 Å². The van der Waals surface area contributed by atoms with E-state index in [1.165, 1.54) is 0 Å². The van der Waals surface area contributed by atoms with Crippen LogP contribution in [-0.2, 0) is 21.7 Å². The molecular weight excluding hydrogens is 504 g/mol. The molecule has 0 heterocycles. The standard InChI is InChI=1S/5ClO3.K.Ti/c5*2-1(3)4;;/q5*-1;+1;+4. The summed E-state index contributed by atoms with van der Waals surface area (Å²) in [5, 5.41) is 0. The smallest absolute Gasteiger partial charge is 0.357 e. The first-order chi connectivity index (χ1) is 8.66. The normalized spacial score (nSPS) is 8.18. The Morgan fingerprint density at radius 2 is 0.273 bits per heavy atom. The predicted molar refractivity (Wildman–Crippen MR) is 0 cm³/mol. The molecule has 0 aliphatic rings. The molecule has 22 heteroatoms. The Morgan fingerprint density at radius 3 is 0.273 bits per heavy atom. The fourth-order valence-electron chi connectivity index (χ4n) is 0. The second-order valence-corrected chi connectivity index (χ2v) is 2.83. The monoisotopic (exact) mass is 502 g/mol. The summed E-state index contributed by atoms with van der Waals surface area (Å²) in [5.41, 5.74) is 0. The Hall–Kier alpha value is 3.20. The first-order valence-electron chi connectivity index (χ1n) is 2.31. The maximum Gasteiger partial charge on any atom is 4.00 e. The molecule has 0 atom stereocenters.